The number of rotatable bonds is 2. The number of ketones is 1. The number of hydrogen-bond acceptors (Lipinski definition) is 6. The fourth-order valence-electron chi connectivity index (χ4n) is 4.52. The topological polar surface area (TPSA) is 99.5 Å². The minimum atomic E-state index is -1.15. The third-order valence-corrected chi connectivity index (χ3v) is 7.98. The van der Waals surface area contributed by atoms with Gasteiger partial charge in [-0.3, -0.25) is 9.59 Å². The van der Waals surface area contributed by atoms with E-state index in [0.29, 0.717) is 6.42 Å². The molecule has 34 heavy (non-hydrogen) atoms. The van der Waals surface area contributed by atoms with Crippen LogP contribution in [0.15, 0.2) is 22.6 Å². The summed E-state index contributed by atoms with van der Waals surface area (Å²) in [7, 11) is 0. The number of aliphatic hydroxyl groups is 2. The molecule has 1 aromatic rings. The molecule has 0 saturated carbocycles. The molecular weight excluding hydrogens is 448 g/mol. The van der Waals surface area contributed by atoms with Gasteiger partial charge in [0.15, 0.2) is 0 Å². The summed E-state index contributed by atoms with van der Waals surface area (Å²) in [6.07, 6.45) is 5.30. The van der Waals surface area contributed by atoms with Gasteiger partial charge in [-0.1, -0.05) is 39.3 Å². The van der Waals surface area contributed by atoms with E-state index in [0.717, 1.165) is 35.5 Å². The van der Waals surface area contributed by atoms with Crippen LogP contribution in [0.4, 0.5) is 0 Å². The van der Waals surface area contributed by atoms with Crippen molar-refractivity contribution in [2.24, 2.45) is 17.3 Å². The zero-order valence-corrected chi connectivity index (χ0v) is 22.5. The van der Waals surface area contributed by atoms with Crippen molar-refractivity contribution in [1.29, 1.82) is 0 Å². The molecule has 0 bridgehead atoms. The standard InChI is InChI=1S/C27H42N2O4S/c1-16-9-8-10-17(2)25(32)19(4)26(33)27(6,7)23(30)14-24(31)29-22(12-11-16)18(3)13-21-15-34-20(5)28-21/h11,13,15,17,19,22-23,25,30,32H,8-10,12,14H2,1-7H3,(H,29,31)/t17-,19+,22-,23-,25-/m0/s1. The molecule has 2 rings (SSSR count). The van der Waals surface area contributed by atoms with Crippen LogP contribution in [-0.4, -0.2) is 45.1 Å². The van der Waals surface area contributed by atoms with Crippen LogP contribution >= 0.6 is 11.3 Å². The molecule has 0 unspecified atom stereocenters. The van der Waals surface area contributed by atoms with Crippen molar-refractivity contribution in [1.82, 2.24) is 10.3 Å². The second-order valence-corrected chi connectivity index (χ2v) is 11.6. The molecule has 1 aromatic heterocycles. The van der Waals surface area contributed by atoms with Crippen LogP contribution in [-0.2, 0) is 9.59 Å². The van der Waals surface area contributed by atoms with Gasteiger partial charge in [-0.2, -0.15) is 0 Å². The highest BCUT2D eigenvalue weighted by atomic mass is 32.1. The summed E-state index contributed by atoms with van der Waals surface area (Å²) in [4.78, 5) is 30.6. The lowest BCUT2D eigenvalue weighted by molar-refractivity contribution is -0.143. The lowest BCUT2D eigenvalue weighted by Crippen LogP contribution is -2.47. The van der Waals surface area contributed by atoms with Crippen molar-refractivity contribution < 1.29 is 19.8 Å². The van der Waals surface area contributed by atoms with Gasteiger partial charge >= 0.3 is 0 Å². The number of carbonyl (C=O) groups excluding carboxylic acids is 2. The van der Waals surface area contributed by atoms with Crippen LogP contribution in [0.3, 0.4) is 0 Å². The van der Waals surface area contributed by atoms with Crippen LogP contribution < -0.4 is 5.32 Å². The summed E-state index contributed by atoms with van der Waals surface area (Å²) in [5.41, 5.74) is 1.94. The van der Waals surface area contributed by atoms with E-state index in [1.807, 2.05) is 32.2 Å². The molecule has 1 aliphatic rings. The molecule has 0 radical (unpaired) electrons. The average Bonchev–Trinajstić information content (AvgIpc) is 3.18. The number of aromatic nitrogens is 1. The predicted molar refractivity (Wildman–Crippen MR) is 138 cm³/mol. The van der Waals surface area contributed by atoms with Crippen molar-refractivity contribution in [2.75, 3.05) is 0 Å². The van der Waals surface area contributed by atoms with E-state index in [1.165, 1.54) is 5.57 Å². The van der Waals surface area contributed by atoms with Crippen LogP contribution in [0.25, 0.3) is 6.08 Å². The molecule has 0 aliphatic carbocycles. The fraction of sp³-hybridized carbons (Fsp3) is 0.667. The summed E-state index contributed by atoms with van der Waals surface area (Å²) in [6.45, 7) is 13.0. The van der Waals surface area contributed by atoms with Crippen molar-refractivity contribution in [3.05, 3.63) is 33.3 Å². The number of nitrogens with one attached hydrogen (secondary N) is 1. The Hall–Kier alpha value is -1.83. The van der Waals surface area contributed by atoms with E-state index in [1.54, 1.807) is 32.1 Å². The Morgan fingerprint density at radius 2 is 1.91 bits per heavy atom. The number of hydrogen-bond donors (Lipinski definition) is 3. The van der Waals surface area contributed by atoms with Gasteiger partial charge in [0.1, 0.15) is 5.78 Å². The van der Waals surface area contributed by atoms with E-state index in [-0.39, 0.29) is 30.1 Å². The molecule has 1 amide bonds. The lowest BCUT2D eigenvalue weighted by Gasteiger charge is -2.34. The summed E-state index contributed by atoms with van der Waals surface area (Å²) in [5, 5.41) is 27.7. The third kappa shape index (κ3) is 7.59. The Bertz CT molecular complexity index is 917. The van der Waals surface area contributed by atoms with Gasteiger partial charge in [0.2, 0.25) is 5.91 Å². The number of carbonyl (C=O) groups is 2. The predicted octanol–water partition coefficient (Wildman–Crippen LogP) is 4.84. The lowest BCUT2D eigenvalue weighted by atomic mass is 9.73. The zero-order valence-electron chi connectivity index (χ0n) is 21.7. The summed E-state index contributed by atoms with van der Waals surface area (Å²) < 4.78 is 0. The molecule has 2 heterocycles. The summed E-state index contributed by atoms with van der Waals surface area (Å²) in [5.74, 6) is -1.18. The van der Waals surface area contributed by atoms with Gasteiger partial charge in [-0.25, -0.2) is 4.98 Å². The third-order valence-electron chi connectivity index (χ3n) is 7.19. The quantitative estimate of drug-likeness (QED) is 0.515. The number of Topliss-reactive ketones (excluding diaryl/α,β-unsaturated/α-hetero) is 1. The number of allylic oxidation sites excluding steroid dienone is 1. The Balaban J connectivity index is 2.33. The monoisotopic (exact) mass is 490 g/mol. The molecule has 1 aliphatic heterocycles. The highest BCUT2D eigenvalue weighted by molar-refractivity contribution is 7.09. The molecule has 0 saturated heterocycles. The van der Waals surface area contributed by atoms with E-state index in [9.17, 15) is 19.8 Å². The highest BCUT2D eigenvalue weighted by Gasteiger charge is 2.42. The minimum absolute atomic E-state index is 0.0320. The highest BCUT2D eigenvalue weighted by Crippen LogP contribution is 2.32. The first-order valence-corrected chi connectivity index (χ1v) is 13.2. The Labute approximate surface area is 208 Å². The first kappa shape index (κ1) is 28.4. The molecular formula is C27H42N2O4S. The number of aryl methyl sites for hydroxylation is 1. The van der Waals surface area contributed by atoms with Gasteiger partial charge in [0, 0.05) is 11.3 Å². The van der Waals surface area contributed by atoms with Crippen LogP contribution in [0.5, 0.6) is 0 Å². The first-order chi connectivity index (χ1) is 15.8. The van der Waals surface area contributed by atoms with Crippen LogP contribution in [0, 0.1) is 24.2 Å². The van der Waals surface area contributed by atoms with Crippen molar-refractivity contribution in [2.45, 2.75) is 98.8 Å². The smallest absolute Gasteiger partial charge is 0.223 e. The molecule has 0 spiro atoms. The Morgan fingerprint density at radius 3 is 2.53 bits per heavy atom. The van der Waals surface area contributed by atoms with Crippen LogP contribution in [0.2, 0.25) is 0 Å². The first-order valence-electron chi connectivity index (χ1n) is 12.3. The summed E-state index contributed by atoms with van der Waals surface area (Å²) >= 11 is 1.58. The molecule has 0 aromatic carbocycles. The molecule has 5 atom stereocenters. The molecule has 3 N–H and O–H groups in total. The Kier molecular flexibility index (Phi) is 10.2. The van der Waals surface area contributed by atoms with Crippen molar-refractivity contribution in [3.63, 3.8) is 0 Å². The van der Waals surface area contributed by atoms with Gasteiger partial charge in [0.05, 0.1) is 40.8 Å². The van der Waals surface area contributed by atoms with Gasteiger partial charge in [0.25, 0.3) is 0 Å². The van der Waals surface area contributed by atoms with Gasteiger partial charge < -0.3 is 15.5 Å². The number of aliphatic hydroxyl groups excluding tert-OH is 2. The van der Waals surface area contributed by atoms with E-state index in [4.69, 9.17) is 0 Å². The number of thiazole rings is 1. The van der Waals surface area contributed by atoms with Crippen molar-refractivity contribution >= 4 is 29.1 Å². The molecule has 6 nitrogen and oxygen atoms in total. The maximum atomic E-state index is 13.2. The largest absolute Gasteiger partial charge is 0.392 e. The SMILES string of the molecule is CC1=CC[C@@H](C(C)=Cc2csc(C)n2)NC(=O)C[C@H](O)C(C)(C)C(=O)[C@H](C)[C@@H](O)[C@@H](C)CCC1. The Morgan fingerprint density at radius 1 is 1.24 bits per heavy atom. The maximum Gasteiger partial charge on any atom is 0.223 e. The second kappa shape index (κ2) is 12.2. The second-order valence-electron chi connectivity index (χ2n) is 10.5. The van der Waals surface area contributed by atoms with Gasteiger partial charge in [-0.15, -0.1) is 11.3 Å². The minimum Gasteiger partial charge on any atom is -0.392 e. The van der Waals surface area contributed by atoms with Crippen molar-refractivity contribution in [3.8, 4) is 0 Å². The normalized spacial score (nSPS) is 30.6. The number of amides is 1. The molecule has 7 heteroatoms. The van der Waals surface area contributed by atoms with E-state index in [2.05, 4.69) is 23.3 Å². The van der Waals surface area contributed by atoms with E-state index >= 15 is 0 Å². The van der Waals surface area contributed by atoms with Crippen LogP contribution in [0.1, 0.15) is 84.3 Å². The average molecular weight is 491 g/mol. The van der Waals surface area contributed by atoms with Gasteiger partial charge in [-0.05, 0) is 64.0 Å². The zero-order chi connectivity index (χ0) is 25.6. The number of nitrogens with zero attached hydrogens (tertiary/aromatic N) is 1. The fourth-order valence-corrected chi connectivity index (χ4v) is 5.09. The van der Waals surface area contributed by atoms with E-state index < -0.39 is 23.5 Å². The molecule has 190 valence electrons. The maximum absolute atomic E-state index is 13.2. The molecule has 0 fully saturated rings. The summed E-state index contributed by atoms with van der Waals surface area (Å²) in [6, 6.07) is -0.233.